The summed E-state index contributed by atoms with van der Waals surface area (Å²) in [6, 6.07) is 7.23. The van der Waals surface area contributed by atoms with Gasteiger partial charge in [-0.2, -0.15) is 5.10 Å². The van der Waals surface area contributed by atoms with Crippen LogP contribution in [0.4, 0.5) is 5.82 Å². The van der Waals surface area contributed by atoms with Crippen molar-refractivity contribution in [3.8, 4) is 0 Å². The Hall–Kier alpha value is -1.19. The second kappa shape index (κ2) is 4.13. The number of rotatable bonds is 2. The molecule has 1 heterocycles. The lowest BCUT2D eigenvalue weighted by Gasteiger charge is -2.07. The fraction of sp³-hybridized carbons (Fsp3) is 0.100. The first kappa shape index (κ1) is 10.3. The van der Waals surface area contributed by atoms with E-state index in [0.29, 0.717) is 22.4 Å². The molecule has 1 aromatic heterocycles. The van der Waals surface area contributed by atoms with Crippen molar-refractivity contribution in [1.29, 1.82) is 0 Å². The Morgan fingerprint density at radius 2 is 2.07 bits per heavy atom. The molecule has 0 saturated carbocycles. The van der Waals surface area contributed by atoms with Crippen molar-refractivity contribution in [3.05, 3.63) is 46.1 Å². The van der Waals surface area contributed by atoms with Gasteiger partial charge < -0.3 is 5.73 Å². The van der Waals surface area contributed by atoms with Gasteiger partial charge >= 0.3 is 0 Å². The maximum atomic E-state index is 6.05. The molecule has 2 aromatic rings. The Bertz CT molecular complexity index is 479. The minimum absolute atomic E-state index is 0.526. The standard InChI is InChI=1S/C10H9Cl2N3/c11-8-3-1-2-7(10(8)12)6-15-9(13)4-5-14-15/h1-5H,6,13H2. The lowest BCUT2D eigenvalue weighted by Crippen LogP contribution is -2.05. The van der Waals surface area contributed by atoms with Crippen molar-refractivity contribution in [2.45, 2.75) is 6.54 Å². The van der Waals surface area contributed by atoms with Crippen LogP contribution in [0.3, 0.4) is 0 Å². The highest BCUT2D eigenvalue weighted by Gasteiger charge is 2.06. The van der Waals surface area contributed by atoms with E-state index in [4.69, 9.17) is 28.9 Å². The van der Waals surface area contributed by atoms with Gasteiger partial charge in [0.05, 0.1) is 22.8 Å². The Balaban J connectivity index is 2.33. The molecule has 0 aliphatic heterocycles. The van der Waals surface area contributed by atoms with Gasteiger partial charge in [-0.1, -0.05) is 35.3 Å². The third kappa shape index (κ3) is 2.08. The molecule has 0 aliphatic carbocycles. The summed E-state index contributed by atoms with van der Waals surface area (Å²) in [5, 5.41) is 5.16. The zero-order valence-corrected chi connectivity index (χ0v) is 9.33. The Kier molecular flexibility index (Phi) is 2.84. The van der Waals surface area contributed by atoms with Crippen molar-refractivity contribution < 1.29 is 0 Å². The highest BCUT2D eigenvalue weighted by molar-refractivity contribution is 6.42. The topological polar surface area (TPSA) is 43.8 Å². The van der Waals surface area contributed by atoms with Crippen molar-refractivity contribution >= 4 is 29.0 Å². The van der Waals surface area contributed by atoms with Gasteiger partial charge in [-0.3, -0.25) is 0 Å². The van der Waals surface area contributed by atoms with Crippen molar-refractivity contribution in [1.82, 2.24) is 9.78 Å². The number of aromatic nitrogens is 2. The number of nitrogens with zero attached hydrogens (tertiary/aromatic N) is 2. The van der Waals surface area contributed by atoms with Gasteiger partial charge in [-0.15, -0.1) is 0 Å². The average molecular weight is 242 g/mol. The van der Waals surface area contributed by atoms with Crippen LogP contribution in [0, 0.1) is 0 Å². The summed E-state index contributed by atoms with van der Waals surface area (Å²) in [5.41, 5.74) is 6.60. The number of hydrogen-bond acceptors (Lipinski definition) is 2. The largest absolute Gasteiger partial charge is 0.384 e. The van der Waals surface area contributed by atoms with Gasteiger partial charge in [0.1, 0.15) is 5.82 Å². The summed E-state index contributed by atoms with van der Waals surface area (Å²) in [5.74, 6) is 0.603. The Labute approximate surface area is 97.4 Å². The van der Waals surface area contributed by atoms with Crippen molar-refractivity contribution in [2.24, 2.45) is 0 Å². The van der Waals surface area contributed by atoms with Crippen LogP contribution in [0.1, 0.15) is 5.56 Å². The maximum Gasteiger partial charge on any atom is 0.122 e. The molecule has 0 bridgehead atoms. The van der Waals surface area contributed by atoms with E-state index in [0.717, 1.165) is 5.56 Å². The van der Waals surface area contributed by atoms with Crippen LogP contribution in [0.25, 0.3) is 0 Å². The fourth-order valence-corrected chi connectivity index (χ4v) is 1.69. The van der Waals surface area contributed by atoms with Crippen LogP contribution >= 0.6 is 23.2 Å². The number of nitrogen functional groups attached to an aromatic ring is 1. The van der Waals surface area contributed by atoms with E-state index in [1.54, 1.807) is 23.0 Å². The van der Waals surface area contributed by atoms with Crippen molar-refractivity contribution in [2.75, 3.05) is 5.73 Å². The van der Waals surface area contributed by atoms with E-state index < -0.39 is 0 Å². The molecule has 0 amide bonds. The first-order chi connectivity index (χ1) is 7.18. The van der Waals surface area contributed by atoms with Gasteiger partial charge in [0.2, 0.25) is 0 Å². The summed E-state index contributed by atoms with van der Waals surface area (Å²) >= 11 is 11.9. The Morgan fingerprint density at radius 1 is 1.27 bits per heavy atom. The van der Waals surface area contributed by atoms with Crippen LogP contribution in [-0.2, 0) is 6.54 Å². The molecule has 0 spiro atoms. The van der Waals surface area contributed by atoms with E-state index in [1.165, 1.54) is 0 Å². The lowest BCUT2D eigenvalue weighted by atomic mass is 10.2. The van der Waals surface area contributed by atoms with Crippen LogP contribution in [0.5, 0.6) is 0 Å². The second-order valence-corrected chi connectivity index (χ2v) is 3.91. The van der Waals surface area contributed by atoms with E-state index in [-0.39, 0.29) is 0 Å². The van der Waals surface area contributed by atoms with E-state index >= 15 is 0 Å². The first-order valence-electron chi connectivity index (χ1n) is 4.38. The molecular formula is C10H9Cl2N3. The van der Waals surface area contributed by atoms with Gasteiger partial charge in [0.25, 0.3) is 0 Å². The first-order valence-corrected chi connectivity index (χ1v) is 5.14. The molecule has 78 valence electrons. The molecule has 3 nitrogen and oxygen atoms in total. The Morgan fingerprint density at radius 3 is 2.73 bits per heavy atom. The SMILES string of the molecule is Nc1ccnn1Cc1cccc(Cl)c1Cl. The van der Waals surface area contributed by atoms with Crippen molar-refractivity contribution in [3.63, 3.8) is 0 Å². The summed E-state index contributed by atoms with van der Waals surface area (Å²) in [6.07, 6.45) is 1.65. The molecular weight excluding hydrogens is 233 g/mol. The van der Waals surface area contributed by atoms with Gasteiger partial charge in [-0.05, 0) is 17.7 Å². The molecule has 1 aromatic carbocycles. The summed E-state index contributed by atoms with van der Waals surface area (Å²) in [4.78, 5) is 0. The van der Waals surface area contributed by atoms with Crippen LogP contribution in [-0.4, -0.2) is 9.78 Å². The van der Waals surface area contributed by atoms with Gasteiger partial charge in [-0.25, -0.2) is 4.68 Å². The molecule has 2 rings (SSSR count). The predicted molar refractivity (Wildman–Crippen MR) is 62.2 cm³/mol. The quantitative estimate of drug-likeness (QED) is 0.879. The number of benzene rings is 1. The zero-order valence-electron chi connectivity index (χ0n) is 7.82. The molecule has 0 atom stereocenters. The predicted octanol–water partition coefficient (Wildman–Crippen LogP) is 2.82. The highest BCUT2D eigenvalue weighted by Crippen LogP contribution is 2.26. The minimum Gasteiger partial charge on any atom is -0.384 e. The molecule has 0 radical (unpaired) electrons. The molecule has 0 saturated heterocycles. The second-order valence-electron chi connectivity index (χ2n) is 3.13. The molecule has 0 fully saturated rings. The summed E-state index contributed by atoms with van der Waals surface area (Å²) in [7, 11) is 0. The number of anilines is 1. The molecule has 2 N–H and O–H groups in total. The number of hydrogen-bond donors (Lipinski definition) is 1. The highest BCUT2D eigenvalue weighted by atomic mass is 35.5. The maximum absolute atomic E-state index is 6.05. The lowest BCUT2D eigenvalue weighted by molar-refractivity contribution is 0.697. The van der Waals surface area contributed by atoms with Crippen LogP contribution < -0.4 is 5.73 Å². The van der Waals surface area contributed by atoms with Crippen LogP contribution in [0.2, 0.25) is 10.0 Å². The summed E-state index contributed by atoms with van der Waals surface area (Å²) < 4.78 is 1.66. The smallest absolute Gasteiger partial charge is 0.122 e. The molecule has 0 aliphatic rings. The summed E-state index contributed by atoms with van der Waals surface area (Å²) in [6.45, 7) is 0.526. The number of nitrogens with two attached hydrogens (primary N) is 1. The van der Waals surface area contributed by atoms with E-state index in [1.807, 2.05) is 12.1 Å². The zero-order chi connectivity index (χ0) is 10.8. The van der Waals surface area contributed by atoms with Crippen LogP contribution in [0.15, 0.2) is 30.5 Å². The molecule has 0 unspecified atom stereocenters. The minimum atomic E-state index is 0.526. The van der Waals surface area contributed by atoms with Gasteiger partial charge in [0.15, 0.2) is 0 Å². The van der Waals surface area contributed by atoms with Gasteiger partial charge in [0, 0.05) is 0 Å². The molecule has 15 heavy (non-hydrogen) atoms. The average Bonchev–Trinajstić information content (AvgIpc) is 2.60. The normalized spacial score (nSPS) is 10.5. The third-order valence-corrected chi connectivity index (χ3v) is 2.96. The monoisotopic (exact) mass is 241 g/mol. The number of halogens is 2. The third-order valence-electron chi connectivity index (χ3n) is 2.10. The molecule has 5 heteroatoms. The van der Waals surface area contributed by atoms with E-state index in [9.17, 15) is 0 Å². The van der Waals surface area contributed by atoms with E-state index in [2.05, 4.69) is 5.10 Å². The fourth-order valence-electron chi connectivity index (χ4n) is 1.31.